The predicted molar refractivity (Wildman–Crippen MR) is 151 cm³/mol. The Hall–Kier alpha value is -3.17. The van der Waals surface area contributed by atoms with E-state index in [9.17, 15) is 0 Å². The Morgan fingerprint density at radius 1 is 0.556 bits per heavy atom. The SMILES string of the molecule is [Cl-].c1ccc(Sc2cccc3c(-c4ccccc4)c4cccc5c4c(c23)C[S+]5c2ccccc2)cc1. The zero-order valence-electron chi connectivity index (χ0n) is 19.5. The smallest absolute Gasteiger partial charge is 0.169 e. The van der Waals surface area contributed by atoms with Crippen molar-refractivity contribution >= 4 is 44.2 Å². The number of hydrogen-bond donors (Lipinski definition) is 0. The van der Waals surface area contributed by atoms with Crippen LogP contribution in [0.4, 0.5) is 0 Å². The fourth-order valence-corrected chi connectivity index (χ4v) is 8.75. The van der Waals surface area contributed by atoms with Crippen LogP contribution in [0.25, 0.3) is 32.7 Å². The first-order valence-corrected chi connectivity index (χ1v) is 14.1. The molecule has 36 heavy (non-hydrogen) atoms. The molecule has 0 saturated heterocycles. The van der Waals surface area contributed by atoms with E-state index in [0.717, 1.165) is 5.75 Å². The van der Waals surface area contributed by atoms with Gasteiger partial charge in [-0.05, 0) is 58.3 Å². The summed E-state index contributed by atoms with van der Waals surface area (Å²) in [7, 11) is 0.0412. The lowest BCUT2D eigenvalue weighted by Gasteiger charge is -2.16. The number of fused-ring (bicyclic) bond motifs is 2. The van der Waals surface area contributed by atoms with Crippen LogP contribution < -0.4 is 12.4 Å². The van der Waals surface area contributed by atoms with Gasteiger partial charge in [-0.2, -0.15) is 0 Å². The van der Waals surface area contributed by atoms with Gasteiger partial charge in [-0.25, -0.2) is 0 Å². The Balaban J connectivity index is 0.00000240. The van der Waals surface area contributed by atoms with E-state index in [1.807, 2.05) is 11.8 Å². The summed E-state index contributed by atoms with van der Waals surface area (Å²) in [5, 5.41) is 5.62. The summed E-state index contributed by atoms with van der Waals surface area (Å²) in [5.41, 5.74) is 4.15. The fourth-order valence-electron chi connectivity index (χ4n) is 5.35. The van der Waals surface area contributed by atoms with E-state index in [0.29, 0.717) is 0 Å². The van der Waals surface area contributed by atoms with Gasteiger partial charge in [0.2, 0.25) is 0 Å². The van der Waals surface area contributed by atoms with Gasteiger partial charge in [0.25, 0.3) is 0 Å². The molecule has 7 rings (SSSR count). The van der Waals surface area contributed by atoms with Crippen molar-refractivity contribution in [3.05, 3.63) is 133 Å². The molecule has 0 fully saturated rings. The minimum absolute atomic E-state index is 0. The lowest BCUT2D eigenvalue weighted by atomic mass is 9.89. The van der Waals surface area contributed by atoms with Gasteiger partial charge in [0.05, 0.1) is 10.9 Å². The third-order valence-electron chi connectivity index (χ3n) is 6.81. The first-order valence-electron chi connectivity index (χ1n) is 11.9. The van der Waals surface area contributed by atoms with Crippen LogP contribution in [0.3, 0.4) is 0 Å². The molecule has 1 heterocycles. The fraction of sp³-hybridized carbons (Fsp3) is 0.0303. The van der Waals surface area contributed by atoms with Crippen molar-refractivity contribution in [1.82, 2.24) is 0 Å². The minimum atomic E-state index is 0. The van der Waals surface area contributed by atoms with Crippen LogP contribution in [-0.4, -0.2) is 0 Å². The van der Waals surface area contributed by atoms with Gasteiger partial charge in [-0.15, -0.1) is 0 Å². The Labute approximate surface area is 225 Å². The van der Waals surface area contributed by atoms with Crippen LogP contribution in [0.15, 0.2) is 147 Å². The molecule has 1 aliphatic rings. The van der Waals surface area contributed by atoms with E-state index in [-0.39, 0.29) is 23.3 Å². The Bertz CT molecular complexity index is 1680. The minimum Gasteiger partial charge on any atom is -1.00 e. The maximum atomic E-state index is 2.36. The first kappa shape index (κ1) is 23.2. The number of rotatable bonds is 4. The van der Waals surface area contributed by atoms with Gasteiger partial charge in [-0.1, -0.05) is 103 Å². The summed E-state index contributed by atoms with van der Waals surface area (Å²) >= 11 is 1.88. The normalized spacial score (nSPS) is 14.2. The van der Waals surface area contributed by atoms with Gasteiger partial charge >= 0.3 is 0 Å². The average molecular weight is 519 g/mol. The topological polar surface area (TPSA) is 0 Å². The van der Waals surface area contributed by atoms with Crippen LogP contribution in [0.5, 0.6) is 0 Å². The second-order valence-corrected chi connectivity index (χ2v) is 11.9. The van der Waals surface area contributed by atoms with Crippen LogP contribution in [0.2, 0.25) is 0 Å². The molecule has 0 aliphatic carbocycles. The van der Waals surface area contributed by atoms with Crippen molar-refractivity contribution in [3.63, 3.8) is 0 Å². The van der Waals surface area contributed by atoms with Crippen molar-refractivity contribution in [3.8, 4) is 11.1 Å². The molecule has 0 saturated carbocycles. The molecule has 0 spiro atoms. The average Bonchev–Trinajstić information content (AvgIpc) is 3.31. The second kappa shape index (κ2) is 9.71. The molecule has 0 aromatic heterocycles. The highest BCUT2D eigenvalue weighted by molar-refractivity contribution is 7.99. The van der Waals surface area contributed by atoms with Crippen molar-refractivity contribution in [1.29, 1.82) is 0 Å². The molecule has 1 atom stereocenters. The quantitative estimate of drug-likeness (QED) is 0.193. The van der Waals surface area contributed by atoms with Crippen molar-refractivity contribution in [2.75, 3.05) is 0 Å². The molecule has 1 aliphatic heterocycles. The monoisotopic (exact) mass is 518 g/mol. The molecule has 3 heteroatoms. The van der Waals surface area contributed by atoms with E-state index in [1.165, 1.54) is 57.8 Å². The van der Waals surface area contributed by atoms with Gasteiger partial charge < -0.3 is 12.4 Å². The largest absolute Gasteiger partial charge is 1.00 e. The molecule has 6 aromatic carbocycles. The molecule has 0 amide bonds. The number of halogens is 1. The highest BCUT2D eigenvalue weighted by atomic mass is 35.5. The summed E-state index contributed by atoms with van der Waals surface area (Å²) in [6.45, 7) is 0. The molecule has 0 nitrogen and oxygen atoms in total. The first-order chi connectivity index (χ1) is 17.4. The van der Waals surface area contributed by atoms with Gasteiger partial charge in [0, 0.05) is 26.1 Å². The second-order valence-electron chi connectivity index (χ2n) is 8.84. The molecule has 6 aromatic rings. The summed E-state index contributed by atoms with van der Waals surface area (Å²) in [4.78, 5) is 5.54. The Kier molecular flexibility index (Phi) is 6.27. The van der Waals surface area contributed by atoms with Gasteiger partial charge in [0.15, 0.2) is 9.79 Å². The van der Waals surface area contributed by atoms with Crippen LogP contribution >= 0.6 is 11.8 Å². The lowest BCUT2D eigenvalue weighted by molar-refractivity contribution is -0.00000656. The Morgan fingerprint density at radius 2 is 1.17 bits per heavy atom. The molecular formula is C33H23ClS2. The molecule has 1 unspecified atom stereocenters. The van der Waals surface area contributed by atoms with Crippen LogP contribution in [0.1, 0.15) is 5.56 Å². The van der Waals surface area contributed by atoms with Crippen LogP contribution in [-0.2, 0) is 16.6 Å². The van der Waals surface area contributed by atoms with E-state index < -0.39 is 0 Å². The highest BCUT2D eigenvalue weighted by Gasteiger charge is 2.38. The summed E-state index contributed by atoms with van der Waals surface area (Å²) in [6, 6.07) is 46.6. The standard InChI is InChI=1S/C33H23S2.ClH/c1-4-12-23(13-5-1)31-26-18-10-20-29(34-24-14-6-2-7-15-24)32(26)28-22-35(25-16-8-3-9-17-25)30-21-11-19-27(31)33(28)30;/h1-21H,22H2;1H/q+1;/p-1. The van der Waals surface area contributed by atoms with E-state index in [1.54, 1.807) is 0 Å². The maximum absolute atomic E-state index is 2.36. The molecule has 174 valence electrons. The summed E-state index contributed by atoms with van der Waals surface area (Å²) in [5.74, 6) is 1.07. The zero-order chi connectivity index (χ0) is 23.2. The number of hydrogen-bond acceptors (Lipinski definition) is 1. The molecule has 0 bridgehead atoms. The highest BCUT2D eigenvalue weighted by Crippen LogP contribution is 2.50. The molecule has 0 N–H and O–H groups in total. The Morgan fingerprint density at radius 3 is 1.89 bits per heavy atom. The van der Waals surface area contributed by atoms with Crippen molar-refractivity contribution < 1.29 is 12.4 Å². The number of benzene rings is 6. The van der Waals surface area contributed by atoms with Crippen molar-refractivity contribution in [2.45, 2.75) is 25.3 Å². The molecular weight excluding hydrogens is 496 g/mol. The lowest BCUT2D eigenvalue weighted by Crippen LogP contribution is -3.00. The van der Waals surface area contributed by atoms with Gasteiger partial charge in [-0.3, -0.25) is 0 Å². The summed E-state index contributed by atoms with van der Waals surface area (Å²) < 4.78 is 0. The summed E-state index contributed by atoms with van der Waals surface area (Å²) in [6.07, 6.45) is 0. The zero-order valence-corrected chi connectivity index (χ0v) is 21.9. The molecule has 0 radical (unpaired) electrons. The third kappa shape index (κ3) is 3.81. The van der Waals surface area contributed by atoms with E-state index >= 15 is 0 Å². The van der Waals surface area contributed by atoms with E-state index in [4.69, 9.17) is 0 Å². The maximum Gasteiger partial charge on any atom is 0.169 e. The van der Waals surface area contributed by atoms with Crippen molar-refractivity contribution in [2.24, 2.45) is 0 Å². The third-order valence-corrected chi connectivity index (χ3v) is 10.2. The van der Waals surface area contributed by atoms with E-state index in [2.05, 4.69) is 127 Å². The van der Waals surface area contributed by atoms with Gasteiger partial charge in [0.1, 0.15) is 5.75 Å². The predicted octanol–water partition coefficient (Wildman–Crippen LogP) is 6.37. The van der Waals surface area contributed by atoms with Crippen LogP contribution in [0, 0.1) is 0 Å².